The smallest absolute Gasteiger partial charge is 0.160 e. The summed E-state index contributed by atoms with van der Waals surface area (Å²) in [4.78, 5) is 10.2. The Morgan fingerprint density at radius 3 is 1.80 bits per heavy atom. The predicted molar refractivity (Wildman–Crippen MR) is 208 cm³/mol. The van der Waals surface area contributed by atoms with Crippen LogP contribution >= 0.6 is 0 Å². The van der Waals surface area contributed by atoms with Crippen LogP contribution in [0.2, 0.25) is 0 Å². The standard InChI is InChI=1S/C48H32N2O/c1-48(41-22-8-5-17-36(41)37-18-6-9-23-42(37)48)35-27-25-31(26-28-35)33-15-11-16-34(29-33)43-30-44(50-47(49-43)32-13-3-2-4-14-32)40-21-12-20-39-38-19-7-10-24-45(38)51-46(39)40/h2-30H,1H3. The Hall–Kier alpha value is -6.58. The quantitative estimate of drug-likeness (QED) is 0.186. The van der Waals surface area contributed by atoms with Crippen molar-refractivity contribution in [2.45, 2.75) is 12.3 Å². The summed E-state index contributed by atoms with van der Waals surface area (Å²) in [5, 5.41) is 2.18. The van der Waals surface area contributed by atoms with Gasteiger partial charge in [-0.2, -0.15) is 0 Å². The van der Waals surface area contributed by atoms with Gasteiger partial charge in [-0.3, -0.25) is 0 Å². The zero-order chi connectivity index (χ0) is 33.9. The summed E-state index contributed by atoms with van der Waals surface area (Å²) < 4.78 is 6.44. The second kappa shape index (κ2) is 11.5. The molecule has 0 unspecified atom stereocenters. The van der Waals surface area contributed by atoms with Gasteiger partial charge in [0, 0.05) is 32.9 Å². The molecular weight excluding hydrogens is 621 g/mol. The molecule has 7 aromatic carbocycles. The van der Waals surface area contributed by atoms with Crippen molar-refractivity contribution in [3.8, 4) is 56.2 Å². The molecule has 3 nitrogen and oxygen atoms in total. The SMILES string of the molecule is CC1(c2ccc(-c3cccc(-c4cc(-c5cccc6c5oc5ccccc56)nc(-c5ccccc5)n4)c3)cc2)c2ccccc2-c2ccccc21. The molecule has 0 atom stereocenters. The number of furan rings is 1. The molecule has 0 radical (unpaired) electrons. The van der Waals surface area contributed by atoms with Gasteiger partial charge in [0.1, 0.15) is 11.2 Å². The van der Waals surface area contributed by atoms with Crippen LogP contribution in [0.5, 0.6) is 0 Å². The van der Waals surface area contributed by atoms with E-state index in [1.54, 1.807) is 0 Å². The van der Waals surface area contributed by atoms with Gasteiger partial charge in [-0.05, 0) is 70.1 Å². The first-order valence-electron chi connectivity index (χ1n) is 17.4. The lowest BCUT2D eigenvalue weighted by molar-refractivity contribution is 0.670. The molecule has 0 fully saturated rings. The van der Waals surface area contributed by atoms with E-state index >= 15 is 0 Å². The minimum absolute atomic E-state index is 0.221. The number of aromatic nitrogens is 2. The van der Waals surface area contributed by atoms with E-state index in [-0.39, 0.29) is 5.41 Å². The number of para-hydroxylation sites is 2. The lowest BCUT2D eigenvalue weighted by atomic mass is 9.74. The summed E-state index contributed by atoms with van der Waals surface area (Å²) in [6.07, 6.45) is 0. The number of hydrogen-bond donors (Lipinski definition) is 0. The largest absolute Gasteiger partial charge is 0.455 e. The molecule has 0 aliphatic heterocycles. The van der Waals surface area contributed by atoms with Crippen LogP contribution in [0.1, 0.15) is 23.6 Å². The molecule has 9 aromatic rings. The molecule has 0 saturated carbocycles. The highest BCUT2D eigenvalue weighted by Gasteiger charge is 2.40. The third-order valence-electron chi connectivity index (χ3n) is 10.6. The van der Waals surface area contributed by atoms with Gasteiger partial charge in [0.15, 0.2) is 5.82 Å². The molecule has 0 bridgehead atoms. The zero-order valence-electron chi connectivity index (χ0n) is 28.0. The predicted octanol–water partition coefficient (Wildman–Crippen LogP) is 12.4. The second-order valence-corrected chi connectivity index (χ2v) is 13.5. The summed E-state index contributed by atoms with van der Waals surface area (Å²) in [6.45, 7) is 2.36. The van der Waals surface area contributed by atoms with Crippen molar-refractivity contribution >= 4 is 21.9 Å². The van der Waals surface area contributed by atoms with E-state index in [0.717, 1.165) is 61.1 Å². The molecule has 10 rings (SSSR count). The van der Waals surface area contributed by atoms with Crippen molar-refractivity contribution in [3.63, 3.8) is 0 Å². The fraction of sp³-hybridized carbons (Fsp3) is 0.0417. The van der Waals surface area contributed by atoms with E-state index < -0.39 is 0 Å². The monoisotopic (exact) mass is 652 g/mol. The van der Waals surface area contributed by atoms with Gasteiger partial charge in [0.25, 0.3) is 0 Å². The number of benzene rings is 7. The maximum atomic E-state index is 6.44. The molecule has 0 spiro atoms. The maximum absolute atomic E-state index is 6.44. The first kappa shape index (κ1) is 29.3. The van der Waals surface area contributed by atoms with Crippen LogP contribution < -0.4 is 0 Å². The fourth-order valence-electron chi connectivity index (χ4n) is 8.02. The Balaban J connectivity index is 1.07. The molecular formula is C48H32N2O. The molecule has 1 aliphatic rings. The summed E-state index contributed by atoms with van der Waals surface area (Å²) in [5.74, 6) is 0.677. The Bertz CT molecular complexity index is 2710. The van der Waals surface area contributed by atoms with E-state index in [4.69, 9.17) is 14.4 Å². The Labute approximate surface area is 296 Å². The maximum Gasteiger partial charge on any atom is 0.160 e. The van der Waals surface area contributed by atoms with E-state index in [9.17, 15) is 0 Å². The summed E-state index contributed by atoms with van der Waals surface area (Å²) >= 11 is 0. The lowest BCUT2D eigenvalue weighted by Crippen LogP contribution is -2.22. The summed E-state index contributed by atoms with van der Waals surface area (Å²) in [6, 6.07) is 62.2. The molecule has 1 aliphatic carbocycles. The van der Waals surface area contributed by atoms with Crippen molar-refractivity contribution in [2.24, 2.45) is 0 Å². The van der Waals surface area contributed by atoms with Gasteiger partial charge in [0.05, 0.1) is 11.4 Å². The van der Waals surface area contributed by atoms with Crippen LogP contribution in [0.3, 0.4) is 0 Å². The van der Waals surface area contributed by atoms with Crippen LogP contribution in [0, 0.1) is 0 Å². The van der Waals surface area contributed by atoms with E-state index in [0.29, 0.717) is 5.82 Å². The minimum atomic E-state index is -0.221. The van der Waals surface area contributed by atoms with Crippen molar-refractivity contribution in [1.29, 1.82) is 0 Å². The van der Waals surface area contributed by atoms with Crippen LogP contribution in [0.25, 0.3) is 78.1 Å². The minimum Gasteiger partial charge on any atom is -0.455 e. The Morgan fingerprint density at radius 2 is 1.02 bits per heavy atom. The molecule has 0 saturated heterocycles. The second-order valence-electron chi connectivity index (χ2n) is 13.5. The first-order valence-corrected chi connectivity index (χ1v) is 17.4. The van der Waals surface area contributed by atoms with Gasteiger partial charge in [-0.15, -0.1) is 0 Å². The van der Waals surface area contributed by atoms with E-state index in [2.05, 4.69) is 146 Å². The molecule has 51 heavy (non-hydrogen) atoms. The number of hydrogen-bond acceptors (Lipinski definition) is 3. The average Bonchev–Trinajstić information content (AvgIpc) is 3.72. The molecule has 3 heteroatoms. The highest BCUT2D eigenvalue weighted by Crippen LogP contribution is 2.52. The molecule has 0 N–H and O–H groups in total. The fourth-order valence-corrected chi connectivity index (χ4v) is 8.02. The zero-order valence-corrected chi connectivity index (χ0v) is 28.0. The summed E-state index contributed by atoms with van der Waals surface area (Å²) in [5.41, 5.74) is 15.0. The van der Waals surface area contributed by atoms with Gasteiger partial charge < -0.3 is 4.42 Å². The van der Waals surface area contributed by atoms with E-state index in [1.165, 1.54) is 27.8 Å². The third kappa shape index (κ3) is 4.66. The van der Waals surface area contributed by atoms with Crippen LogP contribution in [-0.4, -0.2) is 9.97 Å². The van der Waals surface area contributed by atoms with Gasteiger partial charge in [0.2, 0.25) is 0 Å². The van der Waals surface area contributed by atoms with Crippen LogP contribution in [0.15, 0.2) is 180 Å². The highest BCUT2D eigenvalue weighted by atomic mass is 16.3. The number of nitrogens with zero attached hydrogens (tertiary/aromatic N) is 2. The lowest BCUT2D eigenvalue weighted by Gasteiger charge is -2.28. The van der Waals surface area contributed by atoms with Gasteiger partial charge in [-0.1, -0.05) is 152 Å². The van der Waals surface area contributed by atoms with Crippen LogP contribution in [-0.2, 0) is 5.41 Å². The van der Waals surface area contributed by atoms with Crippen molar-refractivity contribution in [3.05, 3.63) is 193 Å². The van der Waals surface area contributed by atoms with Crippen molar-refractivity contribution < 1.29 is 4.42 Å². The molecule has 240 valence electrons. The number of rotatable bonds is 5. The topological polar surface area (TPSA) is 38.9 Å². The molecule has 0 amide bonds. The third-order valence-corrected chi connectivity index (χ3v) is 10.6. The molecule has 2 aromatic heterocycles. The van der Waals surface area contributed by atoms with Gasteiger partial charge in [-0.25, -0.2) is 9.97 Å². The normalized spacial score (nSPS) is 13.0. The van der Waals surface area contributed by atoms with Crippen LogP contribution in [0.4, 0.5) is 0 Å². The van der Waals surface area contributed by atoms with Gasteiger partial charge >= 0.3 is 0 Å². The first-order chi connectivity index (χ1) is 25.1. The average molecular weight is 653 g/mol. The molecule has 2 heterocycles. The Kier molecular flexibility index (Phi) is 6.62. The van der Waals surface area contributed by atoms with Crippen molar-refractivity contribution in [1.82, 2.24) is 9.97 Å². The van der Waals surface area contributed by atoms with Crippen molar-refractivity contribution in [2.75, 3.05) is 0 Å². The summed E-state index contributed by atoms with van der Waals surface area (Å²) in [7, 11) is 0. The van der Waals surface area contributed by atoms with E-state index in [1.807, 2.05) is 36.4 Å². The Morgan fingerprint density at radius 1 is 0.431 bits per heavy atom. The number of fused-ring (bicyclic) bond motifs is 6. The highest BCUT2D eigenvalue weighted by molar-refractivity contribution is 6.09.